The Morgan fingerprint density at radius 2 is 2.05 bits per heavy atom. The van der Waals surface area contributed by atoms with Gasteiger partial charge in [0.25, 0.3) is 0 Å². The van der Waals surface area contributed by atoms with E-state index in [1.807, 2.05) is 6.26 Å². The molecule has 1 aliphatic heterocycles. The third-order valence-electron chi connectivity index (χ3n) is 3.00. The highest BCUT2D eigenvalue weighted by Gasteiger charge is 2.29. The van der Waals surface area contributed by atoms with Gasteiger partial charge < -0.3 is 10.4 Å². The third-order valence-corrected chi connectivity index (χ3v) is 4.94. The van der Waals surface area contributed by atoms with E-state index in [0.29, 0.717) is 19.5 Å². The van der Waals surface area contributed by atoms with Crippen LogP contribution in [0.5, 0.6) is 5.75 Å². The number of carbonyl (C=O) groups excluding carboxylic acids is 1. The normalized spacial score (nSPS) is 18.7. The Morgan fingerprint density at radius 3 is 2.55 bits per heavy atom. The van der Waals surface area contributed by atoms with Gasteiger partial charge in [0.05, 0.1) is 25.6 Å². The Labute approximate surface area is 137 Å². The molecule has 1 aliphatic rings. The Morgan fingerprint density at radius 1 is 1.45 bits per heavy atom. The largest absolute Gasteiger partial charge is 0.506 e. The van der Waals surface area contributed by atoms with Crippen molar-refractivity contribution in [2.24, 2.45) is 0 Å². The maximum absolute atomic E-state index is 11.8. The van der Waals surface area contributed by atoms with Crippen LogP contribution in [0.25, 0.3) is 0 Å². The van der Waals surface area contributed by atoms with Crippen LogP contribution in [-0.2, 0) is 4.79 Å². The molecule has 1 heterocycles. The van der Waals surface area contributed by atoms with Gasteiger partial charge in [0, 0.05) is 12.3 Å². The van der Waals surface area contributed by atoms with Gasteiger partial charge in [0.15, 0.2) is 0 Å². The van der Waals surface area contributed by atoms with E-state index in [-0.39, 0.29) is 24.0 Å². The zero-order chi connectivity index (χ0) is 14.9. The van der Waals surface area contributed by atoms with Crippen molar-refractivity contribution in [3.63, 3.8) is 0 Å². The van der Waals surface area contributed by atoms with E-state index in [1.165, 1.54) is 11.8 Å². The Balaban J connectivity index is 2.56. The van der Waals surface area contributed by atoms with Crippen LogP contribution in [0.4, 0.5) is 0 Å². The van der Waals surface area contributed by atoms with Crippen LogP contribution >= 0.6 is 43.6 Å². The zero-order valence-corrected chi connectivity index (χ0v) is 14.4. The molecule has 2 N–H and O–H groups in total. The Bertz CT molecular complexity index is 629. The highest BCUT2D eigenvalue weighted by Crippen LogP contribution is 2.40. The lowest BCUT2D eigenvalue weighted by Gasteiger charge is -2.25. The maximum Gasteiger partial charge on any atom is 0.225 e. The van der Waals surface area contributed by atoms with E-state index in [2.05, 4.69) is 43.2 Å². The average Bonchev–Trinajstić information content (AvgIpc) is 2.43. The van der Waals surface area contributed by atoms with Gasteiger partial charge in [-0.2, -0.15) is 5.26 Å². The number of aromatic hydroxyl groups is 1. The summed E-state index contributed by atoms with van der Waals surface area (Å²) in [7, 11) is 0. The van der Waals surface area contributed by atoms with Crippen molar-refractivity contribution in [2.45, 2.75) is 12.3 Å². The van der Waals surface area contributed by atoms with Crippen LogP contribution in [0.2, 0.25) is 0 Å². The summed E-state index contributed by atoms with van der Waals surface area (Å²) in [4.78, 5) is 11.8. The number of hydrogen-bond acceptors (Lipinski definition) is 4. The van der Waals surface area contributed by atoms with E-state index < -0.39 is 0 Å². The number of thioether (sulfide) groups is 1. The first kappa shape index (κ1) is 15.4. The van der Waals surface area contributed by atoms with Crippen molar-refractivity contribution in [1.82, 2.24) is 5.32 Å². The predicted octanol–water partition coefficient (Wildman–Crippen LogP) is 3.62. The molecule has 0 aromatic heterocycles. The zero-order valence-electron chi connectivity index (χ0n) is 10.4. The molecule has 0 fully saturated rings. The fourth-order valence-electron chi connectivity index (χ4n) is 2.05. The number of phenolic OH excluding ortho intramolecular Hbond substituents is 1. The molecule has 1 atom stereocenters. The SMILES string of the molecule is CSC1=C(C#N)C(c2cc(Br)c(O)c(Br)c2)CC(=O)N1. The number of benzene rings is 1. The van der Waals surface area contributed by atoms with Crippen molar-refractivity contribution in [3.05, 3.63) is 37.2 Å². The van der Waals surface area contributed by atoms with Gasteiger partial charge in [0.2, 0.25) is 5.91 Å². The van der Waals surface area contributed by atoms with Crippen LogP contribution in [0.15, 0.2) is 31.7 Å². The summed E-state index contributed by atoms with van der Waals surface area (Å²) in [5, 5.41) is 22.4. The minimum atomic E-state index is -0.301. The summed E-state index contributed by atoms with van der Waals surface area (Å²) in [5.41, 5.74) is 1.35. The van der Waals surface area contributed by atoms with Gasteiger partial charge in [-0.1, -0.05) is 0 Å². The van der Waals surface area contributed by atoms with Gasteiger partial charge in [0.1, 0.15) is 5.75 Å². The summed E-state index contributed by atoms with van der Waals surface area (Å²) in [6.07, 6.45) is 2.04. The third kappa shape index (κ3) is 2.87. The molecular formula is C13H10Br2N2O2S. The van der Waals surface area contributed by atoms with E-state index in [1.54, 1.807) is 12.1 Å². The molecule has 1 amide bonds. The first-order chi connectivity index (χ1) is 9.47. The number of hydrogen-bond donors (Lipinski definition) is 2. The van der Waals surface area contributed by atoms with E-state index >= 15 is 0 Å². The molecule has 7 heteroatoms. The van der Waals surface area contributed by atoms with Crippen LogP contribution in [0.1, 0.15) is 17.9 Å². The van der Waals surface area contributed by atoms with Crippen molar-refractivity contribution in [1.29, 1.82) is 5.26 Å². The predicted molar refractivity (Wildman–Crippen MR) is 85.2 cm³/mol. The summed E-state index contributed by atoms with van der Waals surface area (Å²) in [6, 6.07) is 5.65. The number of nitrogens with one attached hydrogen (secondary N) is 1. The topological polar surface area (TPSA) is 73.1 Å². The summed E-state index contributed by atoms with van der Waals surface area (Å²) in [5.74, 6) is -0.315. The van der Waals surface area contributed by atoms with Crippen molar-refractivity contribution >= 4 is 49.5 Å². The fourth-order valence-corrected chi connectivity index (χ4v) is 3.90. The van der Waals surface area contributed by atoms with Gasteiger partial charge >= 0.3 is 0 Å². The standard InChI is InChI=1S/C13H10Br2N2O2S/c1-20-13-8(5-16)7(4-11(18)17-13)6-2-9(14)12(19)10(15)3-6/h2-3,7,19H,4H2,1H3,(H,17,18). The van der Waals surface area contributed by atoms with Gasteiger partial charge in [-0.3, -0.25) is 4.79 Å². The monoisotopic (exact) mass is 416 g/mol. The lowest BCUT2D eigenvalue weighted by molar-refractivity contribution is -0.120. The van der Waals surface area contributed by atoms with Crippen LogP contribution < -0.4 is 5.32 Å². The fraction of sp³-hybridized carbons (Fsp3) is 0.231. The molecule has 0 radical (unpaired) electrons. The molecule has 0 bridgehead atoms. The molecular weight excluding hydrogens is 408 g/mol. The minimum absolute atomic E-state index is 0.0987. The second kappa shape index (κ2) is 6.20. The number of nitrogens with zero attached hydrogens (tertiary/aromatic N) is 1. The Hall–Kier alpha value is -0.970. The molecule has 2 rings (SSSR count). The molecule has 0 aliphatic carbocycles. The summed E-state index contributed by atoms with van der Waals surface area (Å²) < 4.78 is 1.05. The highest BCUT2D eigenvalue weighted by atomic mass is 79.9. The first-order valence-corrected chi connectivity index (χ1v) is 8.45. The van der Waals surface area contributed by atoms with Crippen molar-refractivity contribution in [3.8, 4) is 11.8 Å². The lowest BCUT2D eigenvalue weighted by atomic mass is 9.87. The van der Waals surface area contributed by atoms with Gasteiger partial charge in [-0.15, -0.1) is 11.8 Å². The molecule has 0 saturated heterocycles. The van der Waals surface area contributed by atoms with Crippen molar-refractivity contribution < 1.29 is 9.90 Å². The number of amides is 1. The van der Waals surface area contributed by atoms with Crippen LogP contribution in [0, 0.1) is 11.3 Å². The number of halogens is 2. The molecule has 4 nitrogen and oxygen atoms in total. The molecule has 104 valence electrons. The number of allylic oxidation sites excluding steroid dienone is 1. The minimum Gasteiger partial charge on any atom is -0.506 e. The number of carbonyl (C=O) groups is 1. The first-order valence-electron chi connectivity index (χ1n) is 5.64. The van der Waals surface area contributed by atoms with E-state index in [4.69, 9.17) is 0 Å². The molecule has 0 spiro atoms. The van der Waals surface area contributed by atoms with E-state index in [9.17, 15) is 15.2 Å². The molecule has 20 heavy (non-hydrogen) atoms. The molecule has 0 saturated carbocycles. The number of nitriles is 1. The number of phenols is 1. The van der Waals surface area contributed by atoms with E-state index in [0.717, 1.165) is 5.56 Å². The van der Waals surface area contributed by atoms with Gasteiger partial charge in [-0.05, 0) is 55.8 Å². The van der Waals surface area contributed by atoms with Crippen LogP contribution in [-0.4, -0.2) is 17.3 Å². The second-order valence-corrected chi connectivity index (χ2v) is 6.72. The quantitative estimate of drug-likeness (QED) is 0.770. The average molecular weight is 418 g/mol. The second-order valence-electron chi connectivity index (χ2n) is 4.20. The molecule has 1 aromatic rings. The maximum atomic E-state index is 11.8. The molecule has 1 aromatic carbocycles. The summed E-state index contributed by atoms with van der Waals surface area (Å²) in [6.45, 7) is 0. The molecule has 1 unspecified atom stereocenters. The number of rotatable bonds is 2. The highest BCUT2D eigenvalue weighted by molar-refractivity contribution is 9.11. The Kier molecular flexibility index (Phi) is 4.78. The van der Waals surface area contributed by atoms with Crippen molar-refractivity contribution in [2.75, 3.05) is 6.26 Å². The summed E-state index contributed by atoms with van der Waals surface area (Å²) >= 11 is 7.88. The van der Waals surface area contributed by atoms with Gasteiger partial charge in [-0.25, -0.2) is 0 Å². The van der Waals surface area contributed by atoms with Crippen LogP contribution in [0.3, 0.4) is 0 Å². The lowest BCUT2D eigenvalue weighted by Crippen LogP contribution is -2.30. The smallest absolute Gasteiger partial charge is 0.225 e.